The van der Waals surface area contributed by atoms with Gasteiger partial charge >= 0.3 is 0 Å². The number of rotatable bonds is 3. The van der Waals surface area contributed by atoms with Gasteiger partial charge in [0.1, 0.15) is 0 Å². The molecule has 1 amide bonds. The zero-order chi connectivity index (χ0) is 13.8. The summed E-state index contributed by atoms with van der Waals surface area (Å²) in [6, 6.07) is 13.7. The lowest BCUT2D eigenvalue weighted by Crippen LogP contribution is -2.15. The fourth-order valence-corrected chi connectivity index (χ4v) is 2.13. The van der Waals surface area contributed by atoms with Crippen LogP contribution in [0.1, 0.15) is 16.7 Å². The first-order valence-electron chi connectivity index (χ1n) is 6.17. The van der Waals surface area contributed by atoms with Crippen LogP contribution in [0.4, 0.5) is 5.69 Å². The lowest BCUT2D eigenvalue weighted by molar-refractivity contribution is -0.115. The van der Waals surface area contributed by atoms with Gasteiger partial charge in [-0.05, 0) is 48.7 Å². The standard InChI is InChI=1S/C16H16BrNO/c1-11-4-3-5-15(12(11)2)18-16(19)10-13-6-8-14(17)9-7-13/h3-9H,10H2,1-2H3,(H,18,19). The Kier molecular flexibility index (Phi) is 4.38. The SMILES string of the molecule is Cc1cccc(NC(=O)Cc2ccc(Br)cc2)c1C. The molecular formula is C16H16BrNO. The van der Waals surface area contributed by atoms with Crippen molar-refractivity contribution >= 4 is 27.5 Å². The zero-order valence-corrected chi connectivity index (χ0v) is 12.6. The third-order valence-corrected chi connectivity index (χ3v) is 3.69. The van der Waals surface area contributed by atoms with Crippen molar-refractivity contribution in [3.8, 4) is 0 Å². The molecule has 0 aliphatic rings. The molecule has 1 N–H and O–H groups in total. The van der Waals surface area contributed by atoms with Crippen molar-refractivity contribution in [3.63, 3.8) is 0 Å². The van der Waals surface area contributed by atoms with E-state index in [1.807, 2.05) is 56.3 Å². The summed E-state index contributed by atoms with van der Waals surface area (Å²) >= 11 is 3.38. The molecule has 2 aromatic rings. The van der Waals surface area contributed by atoms with E-state index in [0.29, 0.717) is 6.42 Å². The van der Waals surface area contributed by atoms with Crippen LogP contribution in [-0.4, -0.2) is 5.91 Å². The molecule has 0 bridgehead atoms. The van der Waals surface area contributed by atoms with Crippen molar-refractivity contribution in [2.45, 2.75) is 20.3 Å². The van der Waals surface area contributed by atoms with E-state index in [9.17, 15) is 4.79 Å². The van der Waals surface area contributed by atoms with Gasteiger partial charge in [0.05, 0.1) is 6.42 Å². The number of carbonyl (C=O) groups is 1. The predicted molar refractivity (Wildman–Crippen MR) is 82.4 cm³/mol. The first kappa shape index (κ1) is 13.8. The normalized spacial score (nSPS) is 10.3. The molecule has 0 aliphatic heterocycles. The lowest BCUT2D eigenvalue weighted by atomic mass is 10.1. The van der Waals surface area contributed by atoms with Gasteiger partial charge in [0.2, 0.25) is 5.91 Å². The third-order valence-electron chi connectivity index (χ3n) is 3.16. The fourth-order valence-electron chi connectivity index (χ4n) is 1.87. The number of aryl methyl sites for hydroxylation is 1. The van der Waals surface area contributed by atoms with Crippen LogP contribution in [0.25, 0.3) is 0 Å². The summed E-state index contributed by atoms with van der Waals surface area (Å²) in [6.07, 6.45) is 0.390. The first-order valence-corrected chi connectivity index (χ1v) is 6.96. The molecule has 0 atom stereocenters. The molecule has 0 unspecified atom stereocenters. The summed E-state index contributed by atoms with van der Waals surface area (Å²) in [5.41, 5.74) is 4.20. The molecule has 2 rings (SSSR count). The topological polar surface area (TPSA) is 29.1 Å². The van der Waals surface area contributed by atoms with Gasteiger partial charge in [0.25, 0.3) is 0 Å². The van der Waals surface area contributed by atoms with Gasteiger partial charge in [-0.1, -0.05) is 40.2 Å². The summed E-state index contributed by atoms with van der Waals surface area (Å²) in [5, 5.41) is 2.96. The number of anilines is 1. The van der Waals surface area contributed by atoms with Crippen LogP contribution in [0.5, 0.6) is 0 Å². The second kappa shape index (κ2) is 6.02. The maximum absolute atomic E-state index is 12.0. The average Bonchev–Trinajstić information content (AvgIpc) is 2.38. The number of hydrogen-bond donors (Lipinski definition) is 1. The van der Waals surface area contributed by atoms with Crippen molar-refractivity contribution in [2.75, 3.05) is 5.32 Å². The Bertz CT molecular complexity index is 590. The summed E-state index contributed by atoms with van der Waals surface area (Å²) in [6.45, 7) is 4.06. The first-order chi connectivity index (χ1) is 9.06. The number of halogens is 1. The van der Waals surface area contributed by atoms with Crippen molar-refractivity contribution in [1.29, 1.82) is 0 Å². The molecular weight excluding hydrogens is 302 g/mol. The molecule has 0 saturated heterocycles. The van der Waals surface area contributed by atoms with E-state index >= 15 is 0 Å². The van der Waals surface area contributed by atoms with Gasteiger partial charge in [-0.2, -0.15) is 0 Å². The number of benzene rings is 2. The molecule has 0 fully saturated rings. The maximum Gasteiger partial charge on any atom is 0.228 e. The Balaban J connectivity index is 2.05. The van der Waals surface area contributed by atoms with E-state index in [1.165, 1.54) is 5.56 Å². The smallest absolute Gasteiger partial charge is 0.228 e. The summed E-state index contributed by atoms with van der Waals surface area (Å²) < 4.78 is 1.02. The average molecular weight is 318 g/mol. The van der Waals surface area contributed by atoms with Gasteiger partial charge in [0, 0.05) is 10.2 Å². The Hall–Kier alpha value is -1.61. The maximum atomic E-state index is 12.0. The van der Waals surface area contributed by atoms with Gasteiger partial charge in [0.15, 0.2) is 0 Å². The highest BCUT2D eigenvalue weighted by molar-refractivity contribution is 9.10. The zero-order valence-electron chi connectivity index (χ0n) is 11.0. The molecule has 98 valence electrons. The third kappa shape index (κ3) is 3.67. The molecule has 0 aromatic heterocycles. The highest BCUT2D eigenvalue weighted by atomic mass is 79.9. The van der Waals surface area contributed by atoms with Crippen LogP contribution < -0.4 is 5.32 Å². The molecule has 19 heavy (non-hydrogen) atoms. The molecule has 0 spiro atoms. The van der Waals surface area contributed by atoms with E-state index < -0.39 is 0 Å². The van der Waals surface area contributed by atoms with Crippen LogP contribution in [0.3, 0.4) is 0 Å². The summed E-state index contributed by atoms with van der Waals surface area (Å²) in [5.74, 6) is 0.0102. The van der Waals surface area contributed by atoms with Crippen LogP contribution in [-0.2, 0) is 11.2 Å². The van der Waals surface area contributed by atoms with Crippen molar-refractivity contribution in [2.24, 2.45) is 0 Å². The van der Waals surface area contributed by atoms with Gasteiger partial charge in [-0.25, -0.2) is 0 Å². The lowest BCUT2D eigenvalue weighted by Gasteiger charge is -2.10. The van der Waals surface area contributed by atoms with Crippen LogP contribution in [0.2, 0.25) is 0 Å². The predicted octanol–water partition coefficient (Wildman–Crippen LogP) is 4.25. The number of nitrogens with one attached hydrogen (secondary N) is 1. The number of amides is 1. The Labute approximate surface area is 122 Å². The Morgan fingerprint density at radius 2 is 1.79 bits per heavy atom. The van der Waals surface area contributed by atoms with E-state index in [4.69, 9.17) is 0 Å². The summed E-state index contributed by atoms with van der Waals surface area (Å²) in [7, 11) is 0. The van der Waals surface area contributed by atoms with Crippen LogP contribution in [0, 0.1) is 13.8 Å². The monoisotopic (exact) mass is 317 g/mol. The molecule has 3 heteroatoms. The Morgan fingerprint density at radius 1 is 1.11 bits per heavy atom. The van der Waals surface area contributed by atoms with Gasteiger partial charge in [-0.3, -0.25) is 4.79 Å². The molecule has 0 radical (unpaired) electrons. The molecule has 2 nitrogen and oxygen atoms in total. The second-order valence-electron chi connectivity index (χ2n) is 4.60. The molecule has 0 saturated carbocycles. The number of carbonyl (C=O) groups excluding carboxylic acids is 1. The summed E-state index contributed by atoms with van der Waals surface area (Å²) in [4.78, 5) is 12.0. The second-order valence-corrected chi connectivity index (χ2v) is 5.51. The Morgan fingerprint density at radius 3 is 2.47 bits per heavy atom. The van der Waals surface area contributed by atoms with E-state index in [2.05, 4.69) is 21.2 Å². The van der Waals surface area contributed by atoms with Crippen molar-refractivity contribution in [3.05, 3.63) is 63.6 Å². The number of hydrogen-bond acceptors (Lipinski definition) is 1. The highest BCUT2D eigenvalue weighted by Gasteiger charge is 2.06. The van der Waals surface area contributed by atoms with E-state index in [-0.39, 0.29) is 5.91 Å². The van der Waals surface area contributed by atoms with Crippen LogP contribution >= 0.6 is 15.9 Å². The van der Waals surface area contributed by atoms with Crippen LogP contribution in [0.15, 0.2) is 46.9 Å². The largest absolute Gasteiger partial charge is 0.326 e. The minimum absolute atomic E-state index is 0.0102. The van der Waals surface area contributed by atoms with Crippen molar-refractivity contribution in [1.82, 2.24) is 0 Å². The van der Waals surface area contributed by atoms with Gasteiger partial charge < -0.3 is 5.32 Å². The molecule has 2 aromatic carbocycles. The van der Waals surface area contributed by atoms with E-state index in [1.54, 1.807) is 0 Å². The van der Waals surface area contributed by atoms with Crippen molar-refractivity contribution < 1.29 is 4.79 Å². The minimum Gasteiger partial charge on any atom is -0.326 e. The quantitative estimate of drug-likeness (QED) is 0.901. The highest BCUT2D eigenvalue weighted by Crippen LogP contribution is 2.18. The van der Waals surface area contributed by atoms with Gasteiger partial charge in [-0.15, -0.1) is 0 Å². The molecule has 0 aliphatic carbocycles. The fraction of sp³-hybridized carbons (Fsp3) is 0.188. The minimum atomic E-state index is 0.0102. The molecule has 0 heterocycles. The van der Waals surface area contributed by atoms with E-state index in [0.717, 1.165) is 21.3 Å².